The van der Waals surface area contributed by atoms with E-state index >= 15 is 0 Å². The van der Waals surface area contributed by atoms with Crippen LogP contribution in [0, 0.1) is 41.5 Å². The summed E-state index contributed by atoms with van der Waals surface area (Å²) in [5, 5.41) is 39.5. The first-order valence-electron chi connectivity index (χ1n) is 16.9. The number of hydrogen-bond acceptors (Lipinski definition) is 6. The molecular weight excluding hydrogens is 618 g/mol. The average molecular weight is 664 g/mol. The molecule has 0 aromatic heterocycles. The Labute approximate surface area is 297 Å². The number of nitrogens with one attached hydrogen (secondary N) is 2. The maximum Gasteiger partial charge on any atom is 0.431 e. The fourth-order valence-electron chi connectivity index (χ4n) is 6.41. The number of benzene rings is 5. The van der Waals surface area contributed by atoms with Crippen LogP contribution in [-0.2, 0) is 0 Å². The van der Waals surface area contributed by atoms with Crippen LogP contribution in [0.1, 0.15) is 44.5 Å². The van der Waals surface area contributed by atoms with Crippen LogP contribution >= 0.6 is 0 Å². The minimum absolute atomic E-state index is 0.600. The van der Waals surface area contributed by atoms with Gasteiger partial charge in [-0.05, 0) is 120 Å². The van der Waals surface area contributed by atoms with Crippen molar-refractivity contribution in [2.24, 2.45) is 10.2 Å². The summed E-state index contributed by atoms with van der Waals surface area (Å²) in [5.41, 5.74) is 11.5. The number of hydrogen-bond donors (Lipinski definition) is 4. The highest BCUT2D eigenvalue weighted by atomic mass is 16.2. The lowest BCUT2D eigenvalue weighted by molar-refractivity contribution is 0.571. The van der Waals surface area contributed by atoms with E-state index in [0.717, 1.165) is 44.8 Å². The van der Waals surface area contributed by atoms with Crippen LogP contribution in [-0.4, -0.2) is 35.8 Å². The molecule has 0 aliphatic carbocycles. The molecule has 5 aromatic rings. The number of hydrazone groups is 2. The van der Waals surface area contributed by atoms with E-state index in [2.05, 4.69) is 76.4 Å². The molecule has 0 heterocycles. The van der Waals surface area contributed by atoms with Crippen LogP contribution < -0.4 is 20.5 Å². The molecule has 50 heavy (non-hydrogen) atoms. The Hall–Kier alpha value is -5.31. The second kappa shape index (κ2) is 15.9. The van der Waals surface area contributed by atoms with Gasteiger partial charge in [0.1, 0.15) is 0 Å². The molecular formula is C40H46B2N6O2. The molecule has 0 spiro atoms. The van der Waals surface area contributed by atoms with Crippen LogP contribution in [0.4, 0.5) is 22.7 Å². The Kier molecular flexibility index (Phi) is 11.5. The number of para-hydroxylation sites is 2. The number of aryl methyl sites for hydroxylation is 6. The number of amidine groups is 2. The fraction of sp³-hybridized carbons (Fsp3) is 0.200. The lowest BCUT2D eigenvalue weighted by Crippen LogP contribution is -2.37. The summed E-state index contributed by atoms with van der Waals surface area (Å²) in [7, 11) is -1.97. The second-order valence-corrected chi connectivity index (χ2v) is 12.9. The van der Waals surface area contributed by atoms with E-state index < -0.39 is 14.1 Å². The Balaban J connectivity index is 1.63. The number of rotatable bonds is 10. The zero-order valence-electron chi connectivity index (χ0n) is 30.2. The Morgan fingerprint density at radius 3 is 1.16 bits per heavy atom. The molecule has 10 heteroatoms. The lowest BCUT2D eigenvalue weighted by Gasteiger charge is -2.27. The van der Waals surface area contributed by atoms with Crippen molar-refractivity contribution in [3.63, 3.8) is 0 Å². The van der Waals surface area contributed by atoms with Crippen molar-refractivity contribution in [2.45, 2.75) is 55.2 Å². The minimum Gasteiger partial charge on any atom is -0.431 e. The molecule has 254 valence electrons. The SMILES string of the molecule is CB(O)N(/N=C(\Nc1ccccc1)c1c(C)cc(C)cc1C)c1cccc(N(/N=C(\Nc2ccccc2)c2c(C)cc(C)cc2C)B(C)O)c1. The van der Waals surface area contributed by atoms with Gasteiger partial charge in [-0.1, -0.05) is 77.9 Å². The first-order valence-corrected chi connectivity index (χ1v) is 16.9. The van der Waals surface area contributed by atoms with E-state index in [1.807, 2.05) is 84.9 Å². The van der Waals surface area contributed by atoms with Crippen molar-refractivity contribution in [1.82, 2.24) is 0 Å². The molecule has 0 unspecified atom stereocenters. The topological polar surface area (TPSA) is 95.7 Å². The molecule has 0 saturated carbocycles. The summed E-state index contributed by atoms with van der Waals surface area (Å²) in [6.45, 7) is 15.8. The van der Waals surface area contributed by atoms with Crippen LogP contribution in [0.5, 0.6) is 0 Å². The molecule has 0 aliphatic rings. The molecule has 8 nitrogen and oxygen atoms in total. The van der Waals surface area contributed by atoms with Crippen molar-refractivity contribution < 1.29 is 10.0 Å². The van der Waals surface area contributed by atoms with Crippen molar-refractivity contribution in [1.29, 1.82) is 0 Å². The van der Waals surface area contributed by atoms with Gasteiger partial charge in [-0.2, -0.15) is 10.2 Å². The van der Waals surface area contributed by atoms with Crippen LogP contribution in [0.25, 0.3) is 0 Å². The van der Waals surface area contributed by atoms with Gasteiger partial charge in [0, 0.05) is 22.5 Å². The summed E-state index contributed by atoms with van der Waals surface area (Å²) in [6.07, 6.45) is 0. The highest BCUT2D eigenvalue weighted by Crippen LogP contribution is 2.28. The second-order valence-electron chi connectivity index (χ2n) is 12.9. The molecule has 0 fully saturated rings. The monoisotopic (exact) mass is 664 g/mol. The quantitative estimate of drug-likeness (QED) is 0.0519. The molecule has 0 atom stereocenters. The van der Waals surface area contributed by atoms with Gasteiger partial charge in [-0.25, -0.2) is 0 Å². The minimum atomic E-state index is -0.986. The van der Waals surface area contributed by atoms with Crippen molar-refractivity contribution >= 4 is 48.5 Å². The van der Waals surface area contributed by atoms with Gasteiger partial charge in [0.05, 0.1) is 11.4 Å². The normalized spacial score (nSPS) is 11.6. The summed E-state index contributed by atoms with van der Waals surface area (Å²) >= 11 is 0. The molecule has 4 N–H and O–H groups in total. The van der Waals surface area contributed by atoms with E-state index in [-0.39, 0.29) is 0 Å². The largest absolute Gasteiger partial charge is 0.431 e. The van der Waals surface area contributed by atoms with Gasteiger partial charge < -0.3 is 20.7 Å². The van der Waals surface area contributed by atoms with Gasteiger partial charge in [0.2, 0.25) is 0 Å². The highest BCUT2D eigenvalue weighted by molar-refractivity contribution is 6.54. The fourth-order valence-corrected chi connectivity index (χ4v) is 6.41. The van der Waals surface area contributed by atoms with E-state index in [0.29, 0.717) is 23.0 Å². The summed E-state index contributed by atoms with van der Waals surface area (Å²) in [4.78, 5) is 3.16. The third-order valence-electron chi connectivity index (χ3n) is 8.38. The average Bonchev–Trinajstić information content (AvgIpc) is 3.05. The zero-order valence-corrected chi connectivity index (χ0v) is 30.2. The van der Waals surface area contributed by atoms with E-state index in [1.165, 1.54) is 11.1 Å². The number of nitrogens with zero attached hydrogens (tertiary/aromatic N) is 4. The first kappa shape index (κ1) is 36.0. The van der Waals surface area contributed by atoms with Gasteiger partial charge in [-0.15, -0.1) is 0 Å². The van der Waals surface area contributed by atoms with Crippen LogP contribution in [0.2, 0.25) is 13.6 Å². The smallest absolute Gasteiger partial charge is 0.431 e. The summed E-state index contributed by atoms with van der Waals surface area (Å²) < 4.78 is 0. The molecule has 0 radical (unpaired) electrons. The first-order chi connectivity index (χ1) is 23.9. The standard InChI is InChI=1S/C40H46B2N6O2/c1-27-22-29(3)37(30(4)23-27)39(43-33-16-11-9-12-17-33)45-47(41(7)49)35-20-15-21-36(26-35)48(42(8)50)46-40(44-34-18-13-10-14-19-34)38-31(5)24-28(2)25-32(38)6/h9-26,49-50H,1-8H3,(H,43,45)(H,44,46). The molecule has 0 bridgehead atoms. The highest BCUT2D eigenvalue weighted by Gasteiger charge is 2.24. The van der Waals surface area contributed by atoms with Gasteiger partial charge in [0.15, 0.2) is 11.7 Å². The predicted octanol–water partition coefficient (Wildman–Crippen LogP) is 8.32. The third kappa shape index (κ3) is 8.64. The molecule has 0 aliphatic heterocycles. The molecule has 0 amide bonds. The summed E-state index contributed by atoms with van der Waals surface area (Å²) in [6, 6.07) is 35.8. The Morgan fingerprint density at radius 1 is 0.500 bits per heavy atom. The van der Waals surface area contributed by atoms with E-state index in [9.17, 15) is 10.0 Å². The van der Waals surface area contributed by atoms with Crippen LogP contribution in [0.15, 0.2) is 119 Å². The molecule has 0 saturated heterocycles. The van der Waals surface area contributed by atoms with E-state index in [4.69, 9.17) is 10.2 Å². The van der Waals surface area contributed by atoms with Crippen molar-refractivity contribution in [2.75, 3.05) is 20.5 Å². The predicted molar refractivity (Wildman–Crippen MR) is 214 cm³/mol. The Morgan fingerprint density at radius 2 is 0.840 bits per heavy atom. The van der Waals surface area contributed by atoms with Crippen molar-refractivity contribution in [3.8, 4) is 0 Å². The summed E-state index contributed by atoms with van der Waals surface area (Å²) in [5.74, 6) is 1.20. The maximum absolute atomic E-state index is 11.2. The molecule has 5 aromatic carbocycles. The maximum atomic E-state index is 11.2. The third-order valence-corrected chi connectivity index (χ3v) is 8.38. The Bertz CT molecular complexity index is 1810. The lowest BCUT2D eigenvalue weighted by atomic mass is 9.85. The van der Waals surface area contributed by atoms with Gasteiger partial charge in [-0.3, -0.25) is 9.84 Å². The van der Waals surface area contributed by atoms with Crippen molar-refractivity contribution in [3.05, 3.63) is 154 Å². The van der Waals surface area contributed by atoms with E-state index in [1.54, 1.807) is 23.5 Å². The zero-order chi connectivity index (χ0) is 35.9. The van der Waals surface area contributed by atoms with Gasteiger partial charge in [0.25, 0.3) is 0 Å². The van der Waals surface area contributed by atoms with Gasteiger partial charge >= 0.3 is 14.1 Å². The number of anilines is 4. The molecule has 5 rings (SSSR count). The van der Waals surface area contributed by atoms with Crippen LogP contribution in [0.3, 0.4) is 0 Å².